The molecule has 0 aliphatic heterocycles. The van der Waals surface area contributed by atoms with Crippen molar-refractivity contribution in [1.82, 2.24) is 0 Å². The van der Waals surface area contributed by atoms with Gasteiger partial charge in [-0.1, -0.05) is 97.9 Å². The molecule has 0 saturated heterocycles. The maximum absolute atomic E-state index is 11.1. The van der Waals surface area contributed by atoms with Crippen LogP contribution in [0.1, 0.15) is 157 Å². The Balaban J connectivity index is 0.000000361. The lowest BCUT2D eigenvalue weighted by molar-refractivity contribution is -0.385. The van der Waals surface area contributed by atoms with Crippen LogP contribution in [-0.2, 0) is 0 Å². The van der Waals surface area contributed by atoms with Gasteiger partial charge in [0.25, 0.3) is 11.4 Å². The third kappa shape index (κ3) is 14.2. The van der Waals surface area contributed by atoms with Gasteiger partial charge >= 0.3 is 0 Å². The quantitative estimate of drug-likeness (QED) is 0.0997. The Bertz CT molecular complexity index is 1990. The van der Waals surface area contributed by atoms with Gasteiger partial charge in [-0.25, -0.2) is 0 Å². The fraction of sp³-hybridized carbons (Fsp3) is 0.349. The van der Waals surface area contributed by atoms with Crippen molar-refractivity contribution in [1.29, 1.82) is 5.26 Å². The number of amides is 1. The normalized spacial score (nSPS) is 10.3. The molecule has 2 N–H and O–H groups in total. The van der Waals surface area contributed by atoms with Gasteiger partial charge < -0.3 is 5.73 Å². The number of benzene rings is 4. The zero-order chi connectivity index (χ0) is 41.4. The largest absolute Gasteiger partial charge is 0.366 e. The summed E-state index contributed by atoms with van der Waals surface area (Å²) in [5.41, 5.74) is 12.3. The van der Waals surface area contributed by atoms with E-state index in [1.54, 1.807) is 43.3 Å². The zero-order valence-corrected chi connectivity index (χ0v) is 33.1. The number of ketones is 2. The van der Waals surface area contributed by atoms with E-state index >= 15 is 0 Å². The summed E-state index contributed by atoms with van der Waals surface area (Å²) in [5.74, 6) is 0.791. The van der Waals surface area contributed by atoms with Crippen LogP contribution in [0.2, 0.25) is 0 Å². The summed E-state index contributed by atoms with van der Waals surface area (Å²) in [6, 6.07) is 24.4. The van der Waals surface area contributed by atoms with Crippen LogP contribution in [0.15, 0.2) is 78.9 Å². The summed E-state index contributed by atoms with van der Waals surface area (Å²) in [6.07, 6.45) is 0. The number of rotatable bonds is 9. The van der Waals surface area contributed by atoms with Crippen molar-refractivity contribution >= 4 is 28.8 Å². The lowest BCUT2D eigenvalue weighted by Crippen LogP contribution is -2.10. The third-order valence-electron chi connectivity index (χ3n) is 8.39. The number of aryl methyl sites for hydroxylation is 1. The molecule has 0 aromatic heterocycles. The first kappa shape index (κ1) is 46.0. The molecule has 4 rings (SSSR count). The lowest BCUT2D eigenvalue weighted by atomic mass is 9.95. The number of nitrogens with two attached hydrogens (primary N) is 1. The van der Waals surface area contributed by atoms with Crippen molar-refractivity contribution < 1.29 is 24.2 Å². The molecule has 0 unspecified atom stereocenters. The molecule has 11 nitrogen and oxygen atoms in total. The molecule has 0 atom stereocenters. The Hall–Kier alpha value is -6.02. The number of nitro benzene ring substituents is 2. The van der Waals surface area contributed by atoms with Crippen LogP contribution < -0.4 is 5.73 Å². The van der Waals surface area contributed by atoms with Crippen LogP contribution in [0.3, 0.4) is 0 Å². The zero-order valence-electron chi connectivity index (χ0n) is 33.1. The second kappa shape index (κ2) is 21.5. The van der Waals surface area contributed by atoms with E-state index in [0.29, 0.717) is 39.7 Å². The number of nitro groups is 2. The predicted octanol–water partition coefficient (Wildman–Crippen LogP) is 10.7. The monoisotopic (exact) mass is 736 g/mol. The fourth-order valence-electron chi connectivity index (χ4n) is 5.24. The Labute approximate surface area is 318 Å². The summed E-state index contributed by atoms with van der Waals surface area (Å²) in [6.45, 7) is 21.1. The fourth-order valence-corrected chi connectivity index (χ4v) is 5.24. The van der Waals surface area contributed by atoms with E-state index in [9.17, 15) is 34.6 Å². The topological polar surface area (TPSA) is 187 Å². The minimum absolute atomic E-state index is 0.0256. The summed E-state index contributed by atoms with van der Waals surface area (Å²) in [5, 5.41) is 30.1. The lowest BCUT2D eigenvalue weighted by Gasteiger charge is -2.10. The first-order valence-corrected chi connectivity index (χ1v) is 17.6. The molecule has 0 heterocycles. The van der Waals surface area contributed by atoms with Gasteiger partial charge in [-0.3, -0.25) is 34.6 Å². The first-order chi connectivity index (χ1) is 25.1. The molecule has 0 saturated carbocycles. The van der Waals surface area contributed by atoms with Crippen molar-refractivity contribution in [3.05, 3.63) is 149 Å². The molecular weight excluding hydrogens is 684 g/mol. The Morgan fingerprint density at radius 2 is 0.981 bits per heavy atom. The van der Waals surface area contributed by atoms with Crippen LogP contribution in [0.25, 0.3) is 0 Å². The molecule has 4 aromatic rings. The smallest absolute Gasteiger partial charge is 0.274 e. The molecule has 0 radical (unpaired) electrons. The highest BCUT2D eigenvalue weighted by Crippen LogP contribution is 2.28. The number of hydrogen-bond donors (Lipinski definition) is 1. The average Bonchev–Trinajstić information content (AvgIpc) is 3.11. The number of primary amides is 1. The van der Waals surface area contributed by atoms with Gasteiger partial charge in [-0.05, 0) is 85.4 Å². The highest BCUT2D eigenvalue weighted by Gasteiger charge is 2.18. The minimum atomic E-state index is -0.448. The number of carbonyl (C=O) groups is 3. The number of Topliss-reactive ketones (excluding diaryl/α,β-unsaturated/α-hetero) is 2. The molecule has 0 spiro atoms. The minimum Gasteiger partial charge on any atom is -0.366 e. The van der Waals surface area contributed by atoms with Gasteiger partial charge in [0, 0.05) is 39.9 Å². The van der Waals surface area contributed by atoms with Crippen molar-refractivity contribution in [2.45, 2.75) is 99.8 Å². The van der Waals surface area contributed by atoms with E-state index in [2.05, 4.69) is 40.7 Å². The maximum Gasteiger partial charge on any atom is 0.274 e. The van der Waals surface area contributed by atoms with Crippen molar-refractivity contribution in [3.8, 4) is 6.07 Å². The van der Waals surface area contributed by atoms with Crippen LogP contribution >= 0.6 is 0 Å². The molecular formula is C43H52N4O7. The molecule has 1 amide bonds. The van der Waals surface area contributed by atoms with Gasteiger partial charge in [0.2, 0.25) is 5.91 Å². The second-order valence-electron chi connectivity index (χ2n) is 14.0. The van der Waals surface area contributed by atoms with Gasteiger partial charge in [-0.2, -0.15) is 5.26 Å². The maximum atomic E-state index is 11.1. The van der Waals surface area contributed by atoms with E-state index in [1.165, 1.54) is 35.7 Å². The van der Waals surface area contributed by atoms with E-state index in [4.69, 9.17) is 11.0 Å². The molecule has 4 aromatic carbocycles. The third-order valence-corrected chi connectivity index (χ3v) is 8.39. The van der Waals surface area contributed by atoms with Crippen molar-refractivity contribution in [2.75, 3.05) is 0 Å². The van der Waals surface area contributed by atoms with Crippen LogP contribution in [0.4, 0.5) is 11.4 Å². The van der Waals surface area contributed by atoms with Crippen LogP contribution in [0.5, 0.6) is 0 Å². The molecule has 0 aliphatic carbocycles. The Morgan fingerprint density at radius 1 is 0.593 bits per heavy atom. The average molecular weight is 737 g/mol. The Morgan fingerprint density at radius 3 is 1.33 bits per heavy atom. The molecule has 54 heavy (non-hydrogen) atoms. The van der Waals surface area contributed by atoms with E-state index < -0.39 is 9.85 Å². The van der Waals surface area contributed by atoms with Gasteiger partial charge in [0.05, 0.1) is 21.5 Å². The highest BCUT2D eigenvalue weighted by atomic mass is 16.6. The number of carbonyl (C=O) groups excluding carboxylic acids is 3. The summed E-state index contributed by atoms with van der Waals surface area (Å²) in [7, 11) is 0. The summed E-state index contributed by atoms with van der Waals surface area (Å²) in [4.78, 5) is 53.5. The predicted molar refractivity (Wildman–Crippen MR) is 213 cm³/mol. The molecule has 11 heteroatoms. The second-order valence-corrected chi connectivity index (χ2v) is 14.0. The van der Waals surface area contributed by atoms with Crippen molar-refractivity contribution in [2.24, 2.45) is 5.73 Å². The summed E-state index contributed by atoms with van der Waals surface area (Å²) < 4.78 is 0. The molecule has 0 bridgehead atoms. The molecule has 0 aliphatic rings. The van der Waals surface area contributed by atoms with Crippen molar-refractivity contribution in [3.63, 3.8) is 0 Å². The van der Waals surface area contributed by atoms with Gasteiger partial charge in [0.1, 0.15) is 0 Å². The van der Waals surface area contributed by atoms with Gasteiger partial charge in [-0.15, -0.1) is 0 Å². The number of nitrogens with zero attached hydrogens (tertiary/aromatic N) is 3. The number of hydrogen-bond acceptors (Lipinski definition) is 8. The van der Waals surface area contributed by atoms with Gasteiger partial charge in [0.15, 0.2) is 11.6 Å². The summed E-state index contributed by atoms with van der Waals surface area (Å²) >= 11 is 0. The highest BCUT2D eigenvalue weighted by molar-refractivity contribution is 5.95. The molecule has 286 valence electrons. The molecule has 0 fully saturated rings. The Kier molecular flexibility index (Phi) is 18.3. The first-order valence-electron chi connectivity index (χ1n) is 17.6. The van der Waals surface area contributed by atoms with Crippen LogP contribution in [-0.4, -0.2) is 27.3 Å². The number of nitriles is 1. The van der Waals surface area contributed by atoms with Crippen LogP contribution in [0, 0.1) is 38.5 Å². The van der Waals surface area contributed by atoms with E-state index in [-0.39, 0.29) is 40.7 Å². The van der Waals surface area contributed by atoms with E-state index in [1.807, 2.05) is 58.0 Å². The standard InChI is InChI=1S/C12H16O.C11H13NO3.C10H10N2O2.C10H13NO/c1-8(2)12-6-5-11(10(4)13)7-9(12)3;1-7(2)10-5-4-9(8(3)13)6-11(10)12(14)15;1-7(2)9-4-3-8(6-11)5-10(9)12(13)14;1-7(2)8-3-5-9(6-4-8)10(11)12/h5-8H,1-4H3;4-7H,1-3H3;3-5,7H,1-2H3;3-7H,1-2H3,(H2,11,12). The van der Waals surface area contributed by atoms with E-state index in [0.717, 1.165) is 5.56 Å². The SMILES string of the molecule is CC(=O)c1ccc(C(C)C)c(C)c1.CC(=O)c1ccc(C(C)C)c([N+](=O)[O-])c1.CC(C)c1ccc(C#N)cc1[N+](=O)[O-].CC(C)c1ccc(C(N)=O)cc1.